The van der Waals surface area contributed by atoms with E-state index in [9.17, 15) is 0 Å². The fourth-order valence-corrected chi connectivity index (χ4v) is 4.44. The summed E-state index contributed by atoms with van der Waals surface area (Å²) in [5, 5.41) is 6.03. The molecule has 4 rings (SSSR count). The smallest absolute Gasteiger partial charge is 0.0208 e. The van der Waals surface area contributed by atoms with Crippen LogP contribution in [0.25, 0.3) is 0 Å². The van der Waals surface area contributed by atoms with Gasteiger partial charge in [-0.25, -0.2) is 0 Å². The molecule has 3 heteroatoms. The van der Waals surface area contributed by atoms with Crippen molar-refractivity contribution in [3.05, 3.63) is 58.3 Å². The lowest BCUT2D eigenvalue weighted by atomic mass is 9.92. The van der Waals surface area contributed by atoms with Crippen LogP contribution in [-0.4, -0.2) is 30.1 Å². The van der Waals surface area contributed by atoms with Crippen molar-refractivity contribution < 1.29 is 0 Å². The van der Waals surface area contributed by atoms with Gasteiger partial charge in [0.15, 0.2) is 0 Å². The minimum atomic E-state index is 0.613. The van der Waals surface area contributed by atoms with Crippen molar-refractivity contribution in [3.63, 3.8) is 0 Å². The summed E-state index contributed by atoms with van der Waals surface area (Å²) in [6.07, 6.45) is 4.09. The highest BCUT2D eigenvalue weighted by Crippen LogP contribution is 2.36. The van der Waals surface area contributed by atoms with Crippen molar-refractivity contribution in [3.8, 4) is 0 Å². The Labute approximate surface area is 137 Å². The molecule has 2 nitrogen and oxygen atoms in total. The Morgan fingerprint density at radius 2 is 1.91 bits per heavy atom. The first kappa shape index (κ1) is 14.4. The number of nitrogens with zero attached hydrogens (tertiary/aromatic N) is 1. The van der Waals surface area contributed by atoms with Crippen molar-refractivity contribution in [2.45, 2.75) is 43.8 Å². The molecule has 2 fully saturated rings. The monoisotopic (exact) mass is 312 g/mol. The van der Waals surface area contributed by atoms with Crippen molar-refractivity contribution >= 4 is 11.3 Å². The number of rotatable bonds is 5. The van der Waals surface area contributed by atoms with Crippen LogP contribution in [0.15, 0.2) is 47.8 Å². The predicted octanol–water partition coefficient (Wildman–Crippen LogP) is 3.86. The maximum atomic E-state index is 3.81. The van der Waals surface area contributed by atoms with E-state index < -0.39 is 0 Å². The van der Waals surface area contributed by atoms with Crippen molar-refractivity contribution in [1.29, 1.82) is 0 Å². The molecule has 0 radical (unpaired) electrons. The molecule has 0 amide bonds. The third-order valence-corrected chi connectivity index (χ3v) is 5.96. The molecular weight excluding hydrogens is 288 g/mol. The van der Waals surface area contributed by atoms with Gasteiger partial charge in [-0.1, -0.05) is 36.4 Å². The molecule has 2 atom stereocenters. The Kier molecular flexibility index (Phi) is 4.28. The topological polar surface area (TPSA) is 15.3 Å². The highest BCUT2D eigenvalue weighted by Gasteiger charge is 2.36. The number of piperidine rings is 1. The van der Waals surface area contributed by atoms with Crippen LogP contribution in [0, 0.1) is 0 Å². The van der Waals surface area contributed by atoms with Gasteiger partial charge in [0, 0.05) is 42.5 Å². The first-order valence-corrected chi connectivity index (χ1v) is 9.31. The van der Waals surface area contributed by atoms with Crippen molar-refractivity contribution in [2.75, 3.05) is 13.1 Å². The minimum Gasteiger partial charge on any atom is -0.309 e. The summed E-state index contributed by atoms with van der Waals surface area (Å²) in [7, 11) is 0. The van der Waals surface area contributed by atoms with E-state index in [4.69, 9.17) is 0 Å². The van der Waals surface area contributed by atoms with Gasteiger partial charge >= 0.3 is 0 Å². The highest BCUT2D eigenvalue weighted by molar-refractivity contribution is 7.10. The summed E-state index contributed by atoms with van der Waals surface area (Å²) in [5.41, 5.74) is 1.39. The Hall–Kier alpha value is -1.16. The molecule has 1 saturated heterocycles. The number of nitrogens with one attached hydrogen (secondary N) is 1. The lowest BCUT2D eigenvalue weighted by Gasteiger charge is -2.38. The molecule has 2 unspecified atom stereocenters. The molecule has 1 saturated carbocycles. The number of benzene rings is 1. The van der Waals surface area contributed by atoms with Crippen LogP contribution in [0.5, 0.6) is 0 Å². The number of likely N-dealkylation sites (tertiary alicyclic amines) is 1. The molecule has 1 N–H and O–H groups in total. The summed E-state index contributed by atoms with van der Waals surface area (Å²) in [6, 6.07) is 16.8. The maximum Gasteiger partial charge on any atom is 0.0208 e. The lowest BCUT2D eigenvalue weighted by molar-refractivity contribution is 0.164. The molecule has 2 heterocycles. The van der Waals surface area contributed by atoms with E-state index >= 15 is 0 Å². The second-order valence-electron chi connectivity index (χ2n) is 6.70. The summed E-state index contributed by atoms with van der Waals surface area (Å²) < 4.78 is 0. The minimum absolute atomic E-state index is 0.613. The van der Waals surface area contributed by atoms with E-state index in [-0.39, 0.29) is 0 Å². The van der Waals surface area contributed by atoms with Gasteiger partial charge < -0.3 is 5.32 Å². The maximum absolute atomic E-state index is 3.81. The van der Waals surface area contributed by atoms with Crippen LogP contribution >= 0.6 is 11.3 Å². The van der Waals surface area contributed by atoms with Gasteiger partial charge in [-0.2, -0.15) is 0 Å². The summed E-state index contributed by atoms with van der Waals surface area (Å²) in [5.74, 6) is 0.711. The molecule has 1 aromatic heterocycles. The first-order valence-electron chi connectivity index (χ1n) is 8.43. The van der Waals surface area contributed by atoms with Gasteiger partial charge in [0.25, 0.3) is 0 Å². The molecule has 0 spiro atoms. The van der Waals surface area contributed by atoms with E-state index in [0.29, 0.717) is 12.0 Å². The molecule has 116 valence electrons. The van der Waals surface area contributed by atoms with Crippen LogP contribution < -0.4 is 5.32 Å². The molecule has 0 bridgehead atoms. The van der Waals surface area contributed by atoms with Crippen molar-refractivity contribution in [2.24, 2.45) is 0 Å². The standard InChI is InChI=1S/C19H24N2S/c1-2-5-15(6-3-1)12-20-17-11-16(19-7-4-10-22-19)13-21(14-17)18-8-9-18/h1-7,10,16-18,20H,8-9,11-14H2. The molecular formula is C19H24N2S. The van der Waals surface area contributed by atoms with E-state index in [1.54, 1.807) is 4.88 Å². The molecule has 2 aromatic rings. The quantitative estimate of drug-likeness (QED) is 0.902. The van der Waals surface area contributed by atoms with Crippen LogP contribution in [0.2, 0.25) is 0 Å². The first-order chi connectivity index (χ1) is 10.9. The second-order valence-corrected chi connectivity index (χ2v) is 7.68. The normalized spacial score (nSPS) is 26.2. The predicted molar refractivity (Wildman–Crippen MR) is 93.3 cm³/mol. The summed E-state index contributed by atoms with van der Waals surface area (Å²) in [6.45, 7) is 3.47. The van der Waals surface area contributed by atoms with E-state index in [2.05, 4.69) is 58.1 Å². The number of hydrogen-bond acceptors (Lipinski definition) is 3. The Bertz CT molecular complexity index is 577. The average molecular weight is 312 g/mol. The van der Waals surface area contributed by atoms with Gasteiger partial charge in [0.2, 0.25) is 0 Å². The molecule has 1 aliphatic heterocycles. The summed E-state index contributed by atoms with van der Waals surface area (Å²) >= 11 is 1.93. The van der Waals surface area contributed by atoms with Crippen molar-refractivity contribution in [1.82, 2.24) is 10.2 Å². The third-order valence-electron chi connectivity index (χ3n) is 4.93. The fourth-order valence-electron chi connectivity index (χ4n) is 3.61. The summed E-state index contributed by atoms with van der Waals surface area (Å²) in [4.78, 5) is 4.30. The second kappa shape index (κ2) is 6.53. The lowest BCUT2D eigenvalue weighted by Crippen LogP contribution is -2.48. The van der Waals surface area contributed by atoms with Gasteiger partial charge in [-0.05, 0) is 36.3 Å². The van der Waals surface area contributed by atoms with Crippen LogP contribution in [-0.2, 0) is 6.54 Å². The molecule has 22 heavy (non-hydrogen) atoms. The van der Waals surface area contributed by atoms with Gasteiger partial charge in [-0.15, -0.1) is 11.3 Å². The van der Waals surface area contributed by atoms with E-state index in [1.807, 2.05) is 11.3 Å². The third kappa shape index (κ3) is 3.43. The van der Waals surface area contributed by atoms with E-state index in [0.717, 1.165) is 12.6 Å². The Balaban J connectivity index is 1.42. The highest BCUT2D eigenvalue weighted by atomic mass is 32.1. The zero-order valence-electron chi connectivity index (χ0n) is 12.9. The largest absolute Gasteiger partial charge is 0.309 e. The number of hydrogen-bond donors (Lipinski definition) is 1. The van der Waals surface area contributed by atoms with Gasteiger partial charge in [0.05, 0.1) is 0 Å². The van der Waals surface area contributed by atoms with E-state index in [1.165, 1.54) is 37.9 Å². The SMILES string of the molecule is c1ccc(CNC2CC(c3cccs3)CN(C3CC3)C2)cc1. The zero-order valence-corrected chi connectivity index (χ0v) is 13.8. The molecule has 1 aromatic carbocycles. The average Bonchev–Trinajstić information content (AvgIpc) is 3.28. The molecule has 2 aliphatic rings. The number of thiophene rings is 1. The van der Waals surface area contributed by atoms with Crippen LogP contribution in [0.3, 0.4) is 0 Å². The Morgan fingerprint density at radius 1 is 1.05 bits per heavy atom. The molecule has 1 aliphatic carbocycles. The van der Waals surface area contributed by atoms with Crippen LogP contribution in [0.1, 0.15) is 35.6 Å². The fraction of sp³-hybridized carbons (Fsp3) is 0.474. The van der Waals surface area contributed by atoms with Gasteiger partial charge in [-0.3, -0.25) is 4.90 Å². The zero-order chi connectivity index (χ0) is 14.8. The van der Waals surface area contributed by atoms with Gasteiger partial charge in [0.1, 0.15) is 0 Å². The Morgan fingerprint density at radius 3 is 2.64 bits per heavy atom. The van der Waals surface area contributed by atoms with Crippen LogP contribution in [0.4, 0.5) is 0 Å².